The van der Waals surface area contributed by atoms with Crippen LogP contribution in [0.5, 0.6) is 0 Å². The molecular formula is C16H20N2O. The molecule has 0 fully saturated rings. The smallest absolute Gasteiger partial charge is 0.256 e. The number of rotatable bonds is 3. The van der Waals surface area contributed by atoms with E-state index in [-0.39, 0.29) is 17.6 Å². The van der Waals surface area contributed by atoms with E-state index in [0.29, 0.717) is 5.56 Å². The molecule has 0 bridgehead atoms. The average Bonchev–Trinajstić information content (AvgIpc) is 2.38. The topological polar surface area (TPSA) is 48.0 Å². The van der Waals surface area contributed by atoms with Crippen LogP contribution in [0.2, 0.25) is 0 Å². The summed E-state index contributed by atoms with van der Waals surface area (Å²) in [6, 6.07) is 13.6. The second-order valence-corrected chi connectivity index (χ2v) is 5.10. The molecule has 0 amide bonds. The lowest BCUT2D eigenvalue weighted by Gasteiger charge is -2.19. The molecule has 1 atom stereocenters. The van der Waals surface area contributed by atoms with Gasteiger partial charge in [0.15, 0.2) is 0 Å². The lowest BCUT2D eigenvalue weighted by Crippen LogP contribution is -2.29. The molecule has 0 saturated heterocycles. The zero-order valence-electron chi connectivity index (χ0n) is 11.6. The van der Waals surface area contributed by atoms with Gasteiger partial charge in [-0.3, -0.25) is 4.79 Å². The van der Waals surface area contributed by atoms with Crippen LogP contribution in [-0.4, -0.2) is 4.57 Å². The number of benzene rings is 1. The maximum atomic E-state index is 12.5. The molecule has 0 aliphatic carbocycles. The standard InChI is InChI=1S/C16H20N2O/c1-11(2)18-15(13-7-5-4-6-8-13)10-9-14(12(3)17)16(18)19/h4-12H,17H2,1-3H3. The Hall–Kier alpha value is -1.87. The van der Waals surface area contributed by atoms with Crippen molar-refractivity contribution in [1.29, 1.82) is 0 Å². The van der Waals surface area contributed by atoms with Crippen LogP contribution >= 0.6 is 0 Å². The van der Waals surface area contributed by atoms with Gasteiger partial charge >= 0.3 is 0 Å². The third-order valence-electron chi connectivity index (χ3n) is 3.22. The van der Waals surface area contributed by atoms with Crippen molar-refractivity contribution in [1.82, 2.24) is 4.57 Å². The van der Waals surface area contributed by atoms with E-state index < -0.39 is 0 Å². The van der Waals surface area contributed by atoms with Crippen LogP contribution < -0.4 is 11.3 Å². The molecule has 0 spiro atoms. The molecule has 1 heterocycles. The molecule has 1 aromatic heterocycles. The number of pyridine rings is 1. The van der Waals surface area contributed by atoms with Crippen LogP contribution in [0.3, 0.4) is 0 Å². The normalized spacial score (nSPS) is 12.7. The third-order valence-corrected chi connectivity index (χ3v) is 3.22. The zero-order chi connectivity index (χ0) is 14.0. The molecule has 0 aliphatic heterocycles. The summed E-state index contributed by atoms with van der Waals surface area (Å²) in [5, 5.41) is 0. The van der Waals surface area contributed by atoms with Crippen LogP contribution in [0.25, 0.3) is 11.3 Å². The molecule has 2 N–H and O–H groups in total. The van der Waals surface area contributed by atoms with Gasteiger partial charge in [-0.2, -0.15) is 0 Å². The summed E-state index contributed by atoms with van der Waals surface area (Å²) >= 11 is 0. The van der Waals surface area contributed by atoms with Gasteiger partial charge in [0.2, 0.25) is 0 Å². The quantitative estimate of drug-likeness (QED) is 0.917. The molecule has 1 unspecified atom stereocenters. The first kappa shape index (κ1) is 13.6. The van der Waals surface area contributed by atoms with Gasteiger partial charge in [0.1, 0.15) is 0 Å². The molecule has 0 aliphatic rings. The van der Waals surface area contributed by atoms with Crippen molar-refractivity contribution in [3.8, 4) is 11.3 Å². The molecule has 1 aromatic carbocycles. The number of aromatic nitrogens is 1. The van der Waals surface area contributed by atoms with Crippen LogP contribution in [0.15, 0.2) is 47.3 Å². The summed E-state index contributed by atoms with van der Waals surface area (Å²) in [4.78, 5) is 12.5. The van der Waals surface area contributed by atoms with E-state index in [9.17, 15) is 4.79 Å². The largest absolute Gasteiger partial charge is 0.324 e. The Kier molecular flexibility index (Phi) is 3.86. The summed E-state index contributed by atoms with van der Waals surface area (Å²) in [5.74, 6) is 0. The Bertz CT molecular complexity index is 612. The summed E-state index contributed by atoms with van der Waals surface area (Å²) < 4.78 is 1.81. The summed E-state index contributed by atoms with van der Waals surface area (Å²) in [5.41, 5.74) is 8.51. The third kappa shape index (κ3) is 2.61. The first-order valence-corrected chi connectivity index (χ1v) is 6.58. The van der Waals surface area contributed by atoms with E-state index in [4.69, 9.17) is 5.73 Å². The second kappa shape index (κ2) is 5.41. The van der Waals surface area contributed by atoms with E-state index in [1.165, 1.54) is 0 Å². The predicted octanol–water partition coefficient (Wildman–Crippen LogP) is 3.12. The van der Waals surface area contributed by atoms with E-state index in [1.807, 2.05) is 67.8 Å². The molecule has 3 nitrogen and oxygen atoms in total. The van der Waals surface area contributed by atoms with E-state index in [2.05, 4.69) is 0 Å². The Morgan fingerprint density at radius 1 is 1.00 bits per heavy atom. The molecule has 100 valence electrons. The maximum absolute atomic E-state index is 12.5. The van der Waals surface area contributed by atoms with Crippen molar-refractivity contribution in [2.45, 2.75) is 32.9 Å². The van der Waals surface area contributed by atoms with Crippen molar-refractivity contribution >= 4 is 0 Å². The molecule has 2 rings (SSSR count). The number of nitrogens with two attached hydrogens (primary N) is 1. The fourth-order valence-corrected chi connectivity index (χ4v) is 2.27. The van der Waals surface area contributed by atoms with Gasteiger partial charge in [0.25, 0.3) is 5.56 Å². The van der Waals surface area contributed by atoms with Crippen LogP contribution in [-0.2, 0) is 0 Å². The van der Waals surface area contributed by atoms with E-state index in [0.717, 1.165) is 11.3 Å². The highest BCUT2D eigenvalue weighted by Gasteiger charge is 2.14. The molecule has 2 aromatic rings. The van der Waals surface area contributed by atoms with Crippen molar-refractivity contribution in [2.75, 3.05) is 0 Å². The Morgan fingerprint density at radius 3 is 2.16 bits per heavy atom. The van der Waals surface area contributed by atoms with E-state index in [1.54, 1.807) is 0 Å². The van der Waals surface area contributed by atoms with Crippen LogP contribution in [0, 0.1) is 0 Å². The highest BCUT2D eigenvalue weighted by atomic mass is 16.1. The van der Waals surface area contributed by atoms with Gasteiger partial charge in [-0.25, -0.2) is 0 Å². The minimum absolute atomic E-state index is 0.00588. The fourth-order valence-electron chi connectivity index (χ4n) is 2.27. The number of hydrogen-bond donors (Lipinski definition) is 1. The second-order valence-electron chi connectivity index (χ2n) is 5.10. The van der Waals surface area contributed by atoms with Crippen molar-refractivity contribution < 1.29 is 0 Å². The maximum Gasteiger partial charge on any atom is 0.256 e. The van der Waals surface area contributed by atoms with Gasteiger partial charge in [-0.1, -0.05) is 30.3 Å². The van der Waals surface area contributed by atoms with Crippen molar-refractivity contribution in [3.05, 3.63) is 58.4 Å². The Morgan fingerprint density at radius 2 is 1.63 bits per heavy atom. The zero-order valence-corrected chi connectivity index (χ0v) is 11.6. The Labute approximate surface area is 113 Å². The van der Waals surface area contributed by atoms with Crippen molar-refractivity contribution in [3.63, 3.8) is 0 Å². The first-order valence-electron chi connectivity index (χ1n) is 6.58. The lowest BCUT2D eigenvalue weighted by molar-refractivity contribution is 0.574. The van der Waals surface area contributed by atoms with Gasteiger partial charge in [-0.15, -0.1) is 0 Å². The summed E-state index contributed by atoms with van der Waals surface area (Å²) in [7, 11) is 0. The van der Waals surface area contributed by atoms with Gasteiger partial charge < -0.3 is 10.3 Å². The highest BCUT2D eigenvalue weighted by Crippen LogP contribution is 2.21. The fraction of sp³-hybridized carbons (Fsp3) is 0.312. The number of nitrogens with zero attached hydrogens (tertiary/aromatic N) is 1. The minimum atomic E-state index is -0.248. The average molecular weight is 256 g/mol. The van der Waals surface area contributed by atoms with Gasteiger partial charge in [-0.05, 0) is 38.5 Å². The highest BCUT2D eigenvalue weighted by molar-refractivity contribution is 5.60. The Balaban J connectivity index is 2.70. The minimum Gasteiger partial charge on any atom is -0.324 e. The van der Waals surface area contributed by atoms with Crippen molar-refractivity contribution in [2.24, 2.45) is 5.73 Å². The molecular weight excluding hydrogens is 236 g/mol. The summed E-state index contributed by atoms with van der Waals surface area (Å²) in [6.07, 6.45) is 0. The van der Waals surface area contributed by atoms with Gasteiger partial charge in [0, 0.05) is 17.6 Å². The monoisotopic (exact) mass is 256 g/mol. The van der Waals surface area contributed by atoms with Gasteiger partial charge in [0.05, 0.1) is 5.69 Å². The van der Waals surface area contributed by atoms with E-state index >= 15 is 0 Å². The predicted molar refractivity (Wildman–Crippen MR) is 79.1 cm³/mol. The lowest BCUT2D eigenvalue weighted by atomic mass is 10.1. The molecule has 19 heavy (non-hydrogen) atoms. The molecule has 3 heteroatoms. The first-order chi connectivity index (χ1) is 9.02. The molecule has 0 radical (unpaired) electrons. The molecule has 0 saturated carbocycles. The number of hydrogen-bond acceptors (Lipinski definition) is 2. The van der Waals surface area contributed by atoms with Crippen LogP contribution in [0.4, 0.5) is 0 Å². The summed E-state index contributed by atoms with van der Waals surface area (Å²) in [6.45, 7) is 5.86. The SMILES string of the molecule is CC(N)c1ccc(-c2ccccc2)n(C(C)C)c1=O. The van der Waals surface area contributed by atoms with Crippen LogP contribution in [0.1, 0.15) is 38.4 Å².